The Kier molecular flexibility index (Phi) is 4.58. The Labute approximate surface area is 173 Å². The van der Waals surface area contributed by atoms with Gasteiger partial charge in [0.25, 0.3) is 0 Å². The Morgan fingerprint density at radius 1 is 1.21 bits per heavy atom. The summed E-state index contributed by atoms with van der Waals surface area (Å²) in [5, 5.41) is 15.7. The number of hydrogen-bond donors (Lipinski definition) is 0. The standard InChI is InChI=1S/C21H23N7S/c1-4-28-19(24-25-21(28)29-12-15-7-5-6-10-22-15)16-11-17(14-8-9-14)23-20-18(16)13(2)26-27(20)3/h5-7,10-11,14H,4,8-9,12H2,1-3H3. The maximum atomic E-state index is 4.91. The van der Waals surface area contributed by atoms with Crippen molar-refractivity contribution in [3.8, 4) is 11.4 Å². The normalized spacial score (nSPS) is 14.0. The molecule has 0 aliphatic heterocycles. The molecular weight excluding hydrogens is 382 g/mol. The molecule has 148 valence electrons. The van der Waals surface area contributed by atoms with Gasteiger partial charge in [0.15, 0.2) is 16.6 Å². The predicted octanol–water partition coefficient (Wildman–Crippen LogP) is 4.12. The second-order valence-electron chi connectivity index (χ2n) is 7.44. The number of nitrogens with zero attached hydrogens (tertiary/aromatic N) is 7. The highest BCUT2D eigenvalue weighted by atomic mass is 32.2. The topological polar surface area (TPSA) is 74.3 Å². The molecule has 0 radical (unpaired) electrons. The first-order valence-corrected chi connectivity index (χ1v) is 10.9. The average Bonchev–Trinajstić information content (AvgIpc) is 3.45. The van der Waals surface area contributed by atoms with E-state index in [1.54, 1.807) is 11.8 Å². The first kappa shape index (κ1) is 18.3. The average molecular weight is 406 g/mol. The Balaban J connectivity index is 1.59. The van der Waals surface area contributed by atoms with Crippen LogP contribution in [0.4, 0.5) is 0 Å². The quantitative estimate of drug-likeness (QED) is 0.449. The SMILES string of the molecule is CCn1c(SCc2ccccn2)nnc1-c1cc(C2CC2)nc2c1c(C)nn2C. The van der Waals surface area contributed by atoms with Crippen LogP contribution in [0, 0.1) is 6.92 Å². The van der Waals surface area contributed by atoms with Gasteiger partial charge in [0.1, 0.15) is 0 Å². The molecule has 4 heterocycles. The van der Waals surface area contributed by atoms with Crippen molar-refractivity contribution in [1.29, 1.82) is 0 Å². The van der Waals surface area contributed by atoms with Gasteiger partial charge in [0, 0.05) is 42.7 Å². The minimum absolute atomic E-state index is 0.560. The zero-order chi connectivity index (χ0) is 20.0. The molecule has 0 aromatic carbocycles. The monoisotopic (exact) mass is 405 g/mol. The number of thioether (sulfide) groups is 1. The third kappa shape index (κ3) is 3.31. The van der Waals surface area contributed by atoms with E-state index in [-0.39, 0.29) is 0 Å². The van der Waals surface area contributed by atoms with Crippen molar-refractivity contribution < 1.29 is 0 Å². The van der Waals surface area contributed by atoms with Gasteiger partial charge >= 0.3 is 0 Å². The Hall–Kier alpha value is -2.74. The van der Waals surface area contributed by atoms with E-state index in [9.17, 15) is 0 Å². The zero-order valence-electron chi connectivity index (χ0n) is 16.8. The summed E-state index contributed by atoms with van der Waals surface area (Å²) in [6.07, 6.45) is 4.24. The fourth-order valence-electron chi connectivity index (χ4n) is 3.73. The summed E-state index contributed by atoms with van der Waals surface area (Å²) in [5.41, 5.74) is 5.16. The molecule has 0 bridgehead atoms. The first-order valence-electron chi connectivity index (χ1n) is 9.96. The Bertz CT molecular complexity index is 1170. The maximum Gasteiger partial charge on any atom is 0.191 e. The molecule has 1 aliphatic rings. The van der Waals surface area contributed by atoms with Crippen LogP contribution in [0.3, 0.4) is 0 Å². The lowest BCUT2D eigenvalue weighted by molar-refractivity contribution is 0.687. The molecule has 1 saturated carbocycles. The summed E-state index contributed by atoms with van der Waals surface area (Å²) < 4.78 is 4.06. The van der Waals surface area contributed by atoms with Gasteiger partial charge in [-0.25, -0.2) is 4.98 Å². The van der Waals surface area contributed by atoms with Gasteiger partial charge < -0.3 is 4.57 Å². The van der Waals surface area contributed by atoms with E-state index in [1.165, 1.54) is 12.8 Å². The minimum Gasteiger partial charge on any atom is -0.302 e. The molecule has 7 nitrogen and oxygen atoms in total. The molecule has 4 aromatic heterocycles. The third-order valence-corrected chi connectivity index (χ3v) is 6.33. The molecule has 0 N–H and O–H groups in total. The van der Waals surface area contributed by atoms with Gasteiger partial charge in [-0.1, -0.05) is 17.8 Å². The van der Waals surface area contributed by atoms with Crippen LogP contribution in [0.5, 0.6) is 0 Å². The van der Waals surface area contributed by atoms with Gasteiger partial charge in [-0.15, -0.1) is 10.2 Å². The molecule has 1 fully saturated rings. The Morgan fingerprint density at radius 2 is 2.07 bits per heavy atom. The summed E-state index contributed by atoms with van der Waals surface area (Å²) in [5.74, 6) is 2.22. The van der Waals surface area contributed by atoms with Crippen molar-refractivity contribution in [1.82, 2.24) is 34.5 Å². The second kappa shape index (κ2) is 7.26. The van der Waals surface area contributed by atoms with E-state index < -0.39 is 0 Å². The van der Waals surface area contributed by atoms with Gasteiger partial charge in [0.05, 0.1) is 16.8 Å². The second-order valence-corrected chi connectivity index (χ2v) is 8.38. The summed E-state index contributed by atoms with van der Waals surface area (Å²) in [6.45, 7) is 4.97. The van der Waals surface area contributed by atoms with Crippen molar-refractivity contribution in [2.75, 3.05) is 0 Å². The van der Waals surface area contributed by atoms with Crippen LogP contribution >= 0.6 is 11.8 Å². The first-order chi connectivity index (χ1) is 14.2. The van der Waals surface area contributed by atoms with Gasteiger partial charge in [-0.3, -0.25) is 9.67 Å². The fraction of sp³-hybridized carbons (Fsp3) is 0.381. The van der Waals surface area contributed by atoms with E-state index in [0.29, 0.717) is 5.92 Å². The van der Waals surface area contributed by atoms with Crippen molar-refractivity contribution in [3.63, 3.8) is 0 Å². The zero-order valence-corrected chi connectivity index (χ0v) is 17.6. The third-order valence-electron chi connectivity index (χ3n) is 5.33. The smallest absolute Gasteiger partial charge is 0.191 e. The summed E-state index contributed by atoms with van der Waals surface area (Å²) in [4.78, 5) is 9.32. The highest BCUT2D eigenvalue weighted by Crippen LogP contribution is 2.42. The van der Waals surface area contributed by atoms with Crippen LogP contribution in [0.15, 0.2) is 35.6 Å². The van der Waals surface area contributed by atoms with E-state index in [0.717, 1.165) is 57.0 Å². The number of fused-ring (bicyclic) bond motifs is 1. The molecule has 5 rings (SSSR count). The fourth-order valence-corrected chi connectivity index (χ4v) is 4.65. The molecule has 4 aromatic rings. The minimum atomic E-state index is 0.560. The van der Waals surface area contributed by atoms with Crippen molar-refractivity contribution in [2.24, 2.45) is 7.05 Å². The molecule has 29 heavy (non-hydrogen) atoms. The van der Waals surface area contributed by atoms with Crippen molar-refractivity contribution >= 4 is 22.8 Å². The summed E-state index contributed by atoms with van der Waals surface area (Å²) in [7, 11) is 1.96. The molecule has 1 aliphatic carbocycles. The number of rotatable bonds is 6. The van der Waals surface area contributed by atoms with Crippen LogP contribution < -0.4 is 0 Å². The van der Waals surface area contributed by atoms with Crippen LogP contribution in [0.1, 0.15) is 42.8 Å². The number of pyridine rings is 2. The number of hydrogen-bond acceptors (Lipinski definition) is 6. The molecular formula is C21H23N7S. The van der Waals surface area contributed by atoms with Gasteiger partial charge in [-0.2, -0.15) is 5.10 Å². The van der Waals surface area contributed by atoms with Crippen LogP contribution in [0.2, 0.25) is 0 Å². The number of aryl methyl sites for hydroxylation is 2. The molecule has 0 atom stereocenters. The molecule has 0 saturated heterocycles. The predicted molar refractivity (Wildman–Crippen MR) is 114 cm³/mol. The molecule has 0 spiro atoms. The summed E-state index contributed by atoms with van der Waals surface area (Å²) >= 11 is 1.67. The number of aromatic nitrogens is 7. The van der Waals surface area contributed by atoms with Gasteiger partial charge in [-0.05, 0) is 44.9 Å². The van der Waals surface area contributed by atoms with Crippen LogP contribution in [-0.2, 0) is 19.3 Å². The highest BCUT2D eigenvalue weighted by Gasteiger charge is 2.28. The van der Waals surface area contributed by atoms with E-state index in [2.05, 4.69) is 37.8 Å². The van der Waals surface area contributed by atoms with Crippen molar-refractivity contribution in [2.45, 2.75) is 50.1 Å². The molecule has 0 amide bonds. The lowest BCUT2D eigenvalue weighted by Crippen LogP contribution is -2.02. The molecule has 0 unspecified atom stereocenters. The van der Waals surface area contributed by atoms with Gasteiger partial charge in [0.2, 0.25) is 0 Å². The van der Waals surface area contributed by atoms with Crippen LogP contribution in [-0.4, -0.2) is 34.5 Å². The molecule has 8 heteroatoms. The Morgan fingerprint density at radius 3 is 2.79 bits per heavy atom. The lowest BCUT2D eigenvalue weighted by Gasteiger charge is -2.10. The van der Waals surface area contributed by atoms with E-state index in [1.807, 2.05) is 43.0 Å². The largest absolute Gasteiger partial charge is 0.302 e. The maximum absolute atomic E-state index is 4.91. The van der Waals surface area contributed by atoms with Crippen molar-refractivity contribution in [3.05, 3.63) is 47.5 Å². The van der Waals surface area contributed by atoms with E-state index >= 15 is 0 Å². The summed E-state index contributed by atoms with van der Waals surface area (Å²) in [6, 6.07) is 8.19. The lowest BCUT2D eigenvalue weighted by atomic mass is 10.1. The highest BCUT2D eigenvalue weighted by molar-refractivity contribution is 7.98. The van der Waals surface area contributed by atoms with E-state index in [4.69, 9.17) is 4.98 Å². The van der Waals surface area contributed by atoms with Crippen LogP contribution in [0.25, 0.3) is 22.4 Å².